The summed E-state index contributed by atoms with van der Waals surface area (Å²) >= 11 is 0. The number of aryl methyl sites for hydroxylation is 1. The van der Waals surface area contributed by atoms with E-state index in [1.165, 1.54) is 0 Å². The van der Waals surface area contributed by atoms with Crippen molar-refractivity contribution in [1.29, 1.82) is 0 Å². The Morgan fingerprint density at radius 2 is 1.47 bits per heavy atom. The maximum atomic E-state index is 10.7. The van der Waals surface area contributed by atoms with Crippen molar-refractivity contribution in [2.45, 2.75) is 19.4 Å². The highest BCUT2D eigenvalue weighted by Crippen LogP contribution is 2.34. The van der Waals surface area contributed by atoms with Crippen molar-refractivity contribution >= 4 is 5.69 Å². The Morgan fingerprint density at radius 3 is 2.06 bits per heavy atom. The molecule has 1 unspecified atom stereocenters. The lowest BCUT2D eigenvalue weighted by molar-refractivity contribution is 0.102. The zero-order chi connectivity index (χ0) is 12.5. The molecule has 0 heterocycles. The minimum absolute atomic E-state index is 0.612. The van der Waals surface area contributed by atoms with Crippen molar-refractivity contribution in [3.8, 4) is 0 Å². The van der Waals surface area contributed by atoms with E-state index >= 15 is 0 Å². The minimum Gasteiger partial charge on any atom is -0.398 e. The second-order valence-corrected chi connectivity index (χ2v) is 4.47. The third-order valence-corrected chi connectivity index (χ3v) is 3.15. The van der Waals surface area contributed by atoms with Gasteiger partial charge in [-0.2, -0.15) is 0 Å². The molecule has 3 N–H and O–H groups in total. The predicted octanol–water partition coefficient (Wildman–Crippen LogP) is 2.83. The summed E-state index contributed by atoms with van der Waals surface area (Å²) < 4.78 is 0. The number of hydrogen-bond donors (Lipinski definition) is 2. The van der Waals surface area contributed by atoms with E-state index in [4.69, 9.17) is 5.73 Å². The van der Waals surface area contributed by atoms with Gasteiger partial charge in [-0.25, -0.2) is 0 Å². The van der Waals surface area contributed by atoms with E-state index in [1.807, 2.05) is 55.5 Å². The van der Waals surface area contributed by atoms with Gasteiger partial charge in [-0.1, -0.05) is 42.5 Å². The van der Waals surface area contributed by atoms with Gasteiger partial charge >= 0.3 is 0 Å². The molecule has 0 aromatic heterocycles. The average Bonchev–Trinajstić information content (AvgIpc) is 2.29. The van der Waals surface area contributed by atoms with Crippen LogP contribution in [0.5, 0.6) is 0 Å². The first kappa shape index (κ1) is 11.7. The highest BCUT2D eigenvalue weighted by Gasteiger charge is 2.28. The molecule has 2 heteroatoms. The van der Waals surface area contributed by atoms with Gasteiger partial charge in [0.1, 0.15) is 5.60 Å². The van der Waals surface area contributed by atoms with Gasteiger partial charge in [0, 0.05) is 11.3 Å². The summed E-state index contributed by atoms with van der Waals surface area (Å²) in [5.41, 5.74) is 8.17. The molecule has 0 spiro atoms. The second kappa shape index (κ2) is 4.22. The van der Waals surface area contributed by atoms with Crippen LogP contribution in [0.2, 0.25) is 0 Å². The Labute approximate surface area is 102 Å². The second-order valence-electron chi connectivity index (χ2n) is 4.47. The summed E-state index contributed by atoms with van der Waals surface area (Å²) in [6.07, 6.45) is 0. The normalized spacial score (nSPS) is 14.3. The number of rotatable bonds is 2. The Kier molecular flexibility index (Phi) is 2.90. The fourth-order valence-electron chi connectivity index (χ4n) is 2.20. The summed E-state index contributed by atoms with van der Waals surface area (Å²) in [6, 6.07) is 15.2. The van der Waals surface area contributed by atoms with Crippen molar-refractivity contribution in [3.63, 3.8) is 0 Å². The first-order chi connectivity index (χ1) is 8.03. The maximum Gasteiger partial charge on any atom is 0.114 e. The van der Waals surface area contributed by atoms with E-state index in [0.717, 1.165) is 16.7 Å². The molecule has 0 aliphatic rings. The largest absolute Gasteiger partial charge is 0.398 e. The standard InChI is InChI=1S/C15H17NO/c1-11-7-3-4-8-12(11)15(2,17)13-9-5-6-10-14(13)16/h3-10,17H,16H2,1-2H3. The molecule has 88 valence electrons. The fraction of sp³-hybridized carbons (Fsp3) is 0.200. The number of hydrogen-bond acceptors (Lipinski definition) is 2. The molecule has 2 aromatic rings. The van der Waals surface area contributed by atoms with Crippen molar-refractivity contribution in [1.82, 2.24) is 0 Å². The van der Waals surface area contributed by atoms with E-state index in [9.17, 15) is 5.11 Å². The molecule has 0 saturated carbocycles. The summed E-state index contributed by atoms with van der Waals surface area (Å²) in [7, 11) is 0. The molecule has 0 aliphatic carbocycles. The van der Waals surface area contributed by atoms with Crippen LogP contribution in [-0.4, -0.2) is 5.11 Å². The SMILES string of the molecule is Cc1ccccc1C(C)(O)c1ccccc1N. The summed E-state index contributed by atoms with van der Waals surface area (Å²) in [5, 5.41) is 10.7. The summed E-state index contributed by atoms with van der Waals surface area (Å²) in [6.45, 7) is 3.77. The highest BCUT2D eigenvalue weighted by atomic mass is 16.3. The monoisotopic (exact) mass is 227 g/mol. The summed E-state index contributed by atoms with van der Waals surface area (Å²) in [4.78, 5) is 0. The molecule has 0 bridgehead atoms. The lowest BCUT2D eigenvalue weighted by Crippen LogP contribution is -2.25. The molecule has 0 fully saturated rings. The summed E-state index contributed by atoms with van der Waals surface area (Å²) in [5.74, 6) is 0. The third kappa shape index (κ3) is 2.04. The first-order valence-corrected chi connectivity index (χ1v) is 5.67. The van der Waals surface area contributed by atoms with Crippen LogP contribution in [0.25, 0.3) is 0 Å². The van der Waals surface area contributed by atoms with Crippen molar-refractivity contribution in [2.24, 2.45) is 0 Å². The quantitative estimate of drug-likeness (QED) is 0.775. The Hall–Kier alpha value is -1.80. The lowest BCUT2D eigenvalue weighted by atomic mass is 9.85. The number of benzene rings is 2. The molecule has 2 nitrogen and oxygen atoms in total. The maximum absolute atomic E-state index is 10.7. The molecular weight excluding hydrogens is 210 g/mol. The van der Waals surface area contributed by atoms with Gasteiger partial charge in [0.15, 0.2) is 0 Å². The lowest BCUT2D eigenvalue weighted by Gasteiger charge is -2.27. The topological polar surface area (TPSA) is 46.2 Å². The third-order valence-electron chi connectivity index (χ3n) is 3.15. The average molecular weight is 227 g/mol. The molecule has 1 atom stereocenters. The van der Waals surface area contributed by atoms with Crippen molar-refractivity contribution in [3.05, 3.63) is 65.2 Å². The molecule has 0 amide bonds. The van der Waals surface area contributed by atoms with E-state index in [-0.39, 0.29) is 0 Å². The number of para-hydroxylation sites is 1. The first-order valence-electron chi connectivity index (χ1n) is 5.67. The highest BCUT2D eigenvalue weighted by molar-refractivity contribution is 5.54. The molecule has 0 aliphatic heterocycles. The zero-order valence-corrected chi connectivity index (χ0v) is 10.1. The molecule has 0 radical (unpaired) electrons. The smallest absolute Gasteiger partial charge is 0.114 e. The van der Waals surface area contributed by atoms with Crippen LogP contribution < -0.4 is 5.73 Å². The van der Waals surface area contributed by atoms with Gasteiger partial charge in [0.25, 0.3) is 0 Å². The van der Waals surface area contributed by atoms with Gasteiger partial charge in [-0.15, -0.1) is 0 Å². The van der Waals surface area contributed by atoms with Crippen LogP contribution in [0.3, 0.4) is 0 Å². The van der Waals surface area contributed by atoms with Crippen molar-refractivity contribution in [2.75, 3.05) is 5.73 Å². The van der Waals surface area contributed by atoms with Crippen LogP contribution in [-0.2, 0) is 5.60 Å². The molecule has 2 rings (SSSR count). The number of anilines is 1. The van der Waals surface area contributed by atoms with Crippen LogP contribution in [0, 0.1) is 6.92 Å². The predicted molar refractivity (Wildman–Crippen MR) is 70.7 cm³/mol. The van der Waals surface area contributed by atoms with Crippen LogP contribution in [0.15, 0.2) is 48.5 Å². The van der Waals surface area contributed by atoms with Crippen molar-refractivity contribution < 1.29 is 5.11 Å². The van der Waals surface area contributed by atoms with Crippen LogP contribution in [0.1, 0.15) is 23.6 Å². The minimum atomic E-state index is -1.06. The van der Waals surface area contributed by atoms with E-state index in [2.05, 4.69) is 0 Å². The Morgan fingerprint density at radius 1 is 0.941 bits per heavy atom. The Balaban J connectivity index is 2.58. The Bertz CT molecular complexity index is 484. The van der Waals surface area contributed by atoms with Gasteiger partial charge in [0.05, 0.1) is 0 Å². The number of nitrogens with two attached hydrogens (primary N) is 1. The van der Waals surface area contributed by atoms with E-state index in [1.54, 1.807) is 6.92 Å². The molecule has 0 saturated heterocycles. The van der Waals surface area contributed by atoms with Gasteiger partial charge in [-0.3, -0.25) is 0 Å². The van der Waals surface area contributed by atoms with E-state index in [0.29, 0.717) is 5.69 Å². The van der Waals surface area contributed by atoms with E-state index < -0.39 is 5.60 Å². The zero-order valence-electron chi connectivity index (χ0n) is 10.1. The van der Waals surface area contributed by atoms with Crippen LogP contribution >= 0.6 is 0 Å². The number of nitrogen functional groups attached to an aromatic ring is 1. The molecule has 17 heavy (non-hydrogen) atoms. The van der Waals surface area contributed by atoms with Gasteiger partial charge < -0.3 is 10.8 Å². The molecule has 2 aromatic carbocycles. The molecular formula is C15H17NO. The van der Waals surface area contributed by atoms with Gasteiger partial charge in [-0.05, 0) is 31.0 Å². The van der Waals surface area contributed by atoms with Gasteiger partial charge in [0.2, 0.25) is 0 Å². The fourth-order valence-corrected chi connectivity index (χ4v) is 2.20. The number of aliphatic hydroxyl groups is 1. The van der Waals surface area contributed by atoms with Crippen LogP contribution in [0.4, 0.5) is 5.69 Å².